The summed E-state index contributed by atoms with van der Waals surface area (Å²) in [7, 11) is 0. The molecule has 94 heavy (non-hydrogen) atoms. The number of benzene rings is 13. The van der Waals surface area contributed by atoms with E-state index in [-0.39, 0.29) is 11.8 Å². The van der Waals surface area contributed by atoms with E-state index >= 15 is 0 Å². The molecule has 15 aromatic rings. The van der Waals surface area contributed by atoms with Crippen LogP contribution in [0, 0.1) is 0 Å². The molecule has 0 spiro atoms. The standard InChI is InChI=1S/C90H58N4/c1-7-25-57(26-8-1)87-91-81(55-83(93-87)61-45-49-79-73(51-61)67-37-21-23-41-77(67)89(79,63-29-11-3-12-30-63)64-31-13-4-14-32-64)59-43-47-71-75(53-59)85-69-39-19-20-40-70(69)86(71)76-54-60(44-48-72(76)85)82-56-84(94-88(92-82)58-27-9-2-10-28-58)62-46-50-80-74(52-62)68-38-22-24-42-78(68)90(80,65-33-15-5-16-34-65)66-35-17-6-18-36-66/h1-56,85-86H. The number of nitrogens with zero attached hydrogens (tertiary/aromatic N) is 4. The molecule has 13 aromatic carbocycles. The molecule has 2 bridgehead atoms. The van der Waals surface area contributed by atoms with Gasteiger partial charge in [-0.15, -0.1) is 0 Å². The van der Waals surface area contributed by atoms with Gasteiger partial charge < -0.3 is 0 Å². The molecule has 0 saturated carbocycles. The van der Waals surface area contributed by atoms with Crippen LogP contribution in [0.15, 0.2) is 340 Å². The van der Waals surface area contributed by atoms with Crippen molar-refractivity contribution < 1.29 is 0 Å². The maximum atomic E-state index is 5.45. The third-order valence-electron chi connectivity index (χ3n) is 20.7. The van der Waals surface area contributed by atoms with Crippen molar-refractivity contribution in [2.75, 3.05) is 0 Å². The molecule has 5 aliphatic rings. The molecule has 0 aliphatic heterocycles. The lowest BCUT2D eigenvalue weighted by Crippen LogP contribution is -2.28. The highest BCUT2D eigenvalue weighted by molar-refractivity contribution is 5.91. The van der Waals surface area contributed by atoms with Crippen molar-refractivity contribution in [2.24, 2.45) is 0 Å². The Balaban J connectivity index is 0.725. The lowest BCUT2D eigenvalue weighted by Gasteiger charge is -2.42. The van der Waals surface area contributed by atoms with E-state index in [2.05, 4.69) is 340 Å². The minimum atomic E-state index is -0.495. The molecular formula is C90H58N4. The van der Waals surface area contributed by atoms with Gasteiger partial charge in [-0.05, 0) is 137 Å². The molecule has 2 atom stereocenters. The monoisotopic (exact) mass is 1190 g/mol. The number of hydrogen-bond acceptors (Lipinski definition) is 4. The minimum Gasteiger partial charge on any atom is -0.228 e. The van der Waals surface area contributed by atoms with Crippen molar-refractivity contribution in [3.8, 4) is 90.1 Å². The number of fused-ring (bicyclic) bond motifs is 6. The van der Waals surface area contributed by atoms with Gasteiger partial charge in [-0.25, -0.2) is 19.9 Å². The summed E-state index contributed by atoms with van der Waals surface area (Å²) in [5, 5.41) is 0. The zero-order chi connectivity index (χ0) is 61.9. The van der Waals surface area contributed by atoms with Crippen LogP contribution in [0.5, 0.6) is 0 Å². The quantitative estimate of drug-likeness (QED) is 0.137. The molecule has 0 fully saturated rings. The average Bonchev–Trinajstić information content (AvgIpc) is 1.28. The number of rotatable bonds is 10. The van der Waals surface area contributed by atoms with Gasteiger partial charge >= 0.3 is 0 Å². The Hall–Kier alpha value is -12.0. The van der Waals surface area contributed by atoms with Gasteiger partial charge in [0.25, 0.3) is 0 Å². The molecule has 0 saturated heterocycles. The largest absolute Gasteiger partial charge is 0.228 e. The zero-order valence-corrected chi connectivity index (χ0v) is 51.3. The Morgan fingerprint density at radius 3 is 0.830 bits per heavy atom. The van der Waals surface area contributed by atoms with Gasteiger partial charge in [-0.1, -0.05) is 303 Å². The van der Waals surface area contributed by atoms with E-state index in [4.69, 9.17) is 19.9 Å². The SMILES string of the molecule is c1ccc(-c2nc(-c3ccc4c(c3)-c3ccccc3C4(c3ccccc3)c3ccccc3)cc(-c3ccc4c(c3)C3c5ccccc5C4c4cc(-c5cc(-c6ccc7c(c6)-c6ccccc6C7(c6ccccc6)c6ccccc6)nc(-c6ccccc6)n5)ccc43)n2)cc1. The molecule has 2 unspecified atom stereocenters. The van der Waals surface area contributed by atoms with Crippen LogP contribution in [-0.2, 0) is 10.8 Å². The van der Waals surface area contributed by atoms with Crippen molar-refractivity contribution >= 4 is 0 Å². The van der Waals surface area contributed by atoms with Crippen molar-refractivity contribution in [3.63, 3.8) is 0 Å². The number of hydrogen-bond donors (Lipinski definition) is 0. The molecule has 0 radical (unpaired) electrons. The van der Waals surface area contributed by atoms with Gasteiger partial charge in [0.05, 0.1) is 33.6 Å². The van der Waals surface area contributed by atoms with E-state index in [1.165, 1.54) is 100 Å². The summed E-state index contributed by atoms with van der Waals surface area (Å²) in [4.78, 5) is 21.7. The average molecular weight is 1200 g/mol. The summed E-state index contributed by atoms with van der Waals surface area (Å²) in [6.07, 6.45) is 0. The first-order valence-electron chi connectivity index (χ1n) is 32.6. The maximum absolute atomic E-state index is 5.45. The van der Waals surface area contributed by atoms with E-state index in [1.54, 1.807) is 0 Å². The predicted molar refractivity (Wildman–Crippen MR) is 380 cm³/mol. The Bertz CT molecular complexity index is 5070. The third-order valence-corrected chi connectivity index (χ3v) is 20.7. The summed E-state index contributed by atoms with van der Waals surface area (Å²) >= 11 is 0. The topological polar surface area (TPSA) is 51.6 Å². The van der Waals surface area contributed by atoms with Crippen LogP contribution >= 0.6 is 0 Å². The Kier molecular flexibility index (Phi) is 12.2. The van der Waals surface area contributed by atoms with Crippen LogP contribution in [0.25, 0.3) is 90.1 Å². The van der Waals surface area contributed by atoms with Gasteiger partial charge in [0.15, 0.2) is 11.6 Å². The van der Waals surface area contributed by atoms with Crippen LogP contribution in [-0.4, -0.2) is 19.9 Å². The van der Waals surface area contributed by atoms with E-state index in [9.17, 15) is 0 Å². The lowest BCUT2D eigenvalue weighted by atomic mass is 9.60. The Labute approximate surface area is 547 Å². The smallest absolute Gasteiger partial charge is 0.160 e. The second-order valence-electron chi connectivity index (χ2n) is 25.4. The van der Waals surface area contributed by atoms with E-state index in [0.29, 0.717) is 11.6 Å². The second-order valence-corrected chi connectivity index (χ2v) is 25.4. The first-order valence-corrected chi connectivity index (χ1v) is 32.6. The lowest BCUT2D eigenvalue weighted by molar-refractivity contribution is 0.755. The van der Waals surface area contributed by atoms with Crippen LogP contribution in [0.3, 0.4) is 0 Å². The Morgan fingerprint density at radius 2 is 0.468 bits per heavy atom. The maximum Gasteiger partial charge on any atom is 0.160 e. The normalized spacial score (nSPS) is 15.2. The molecule has 4 nitrogen and oxygen atoms in total. The highest BCUT2D eigenvalue weighted by atomic mass is 14.9. The Morgan fingerprint density at radius 1 is 0.191 bits per heavy atom. The van der Waals surface area contributed by atoms with Crippen LogP contribution < -0.4 is 0 Å². The molecule has 0 N–H and O–H groups in total. The first kappa shape index (κ1) is 53.8. The molecule has 2 heterocycles. The highest BCUT2D eigenvalue weighted by Gasteiger charge is 2.48. The fourth-order valence-electron chi connectivity index (χ4n) is 16.7. The van der Waals surface area contributed by atoms with Crippen LogP contribution in [0.2, 0.25) is 0 Å². The zero-order valence-electron chi connectivity index (χ0n) is 51.3. The van der Waals surface area contributed by atoms with E-state index in [0.717, 1.165) is 56.2 Å². The first-order chi connectivity index (χ1) is 46.6. The molecular weight excluding hydrogens is 1140 g/mol. The summed E-state index contributed by atoms with van der Waals surface area (Å²) in [6, 6.07) is 124. The van der Waals surface area contributed by atoms with E-state index < -0.39 is 10.8 Å². The van der Waals surface area contributed by atoms with E-state index in [1.807, 2.05) is 0 Å². The second kappa shape index (κ2) is 21.3. The summed E-state index contributed by atoms with van der Waals surface area (Å²) in [5.74, 6) is 1.40. The fraction of sp³-hybridized carbons (Fsp3) is 0.0444. The molecule has 4 heteroatoms. The predicted octanol–water partition coefficient (Wildman–Crippen LogP) is 21.0. The van der Waals surface area contributed by atoms with Gasteiger partial charge in [0.2, 0.25) is 0 Å². The molecule has 0 amide bonds. The highest BCUT2D eigenvalue weighted by Crippen LogP contribution is 2.60. The minimum absolute atomic E-state index is 0.00963. The molecule has 2 aromatic heterocycles. The van der Waals surface area contributed by atoms with Gasteiger partial charge in [0, 0.05) is 45.2 Å². The molecule has 438 valence electrons. The van der Waals surface area contributed by atoms with Gasteiger partial charge in [0.1, 0.15) is 0 Å². The van der Waals surface area contributed by atoms with Gasteiger partial charge in [-0.3, -0.25) is 0 Å². The summed E-state index contributed by atoms with van der Waals surface area (Å²) in [6.45, 7) is 0. The van der Waals surface area contributed by atoms with Gasteiger partial charge in [-0.2, -0.15) is 0 Å². The number of aromatic nitrogens is 4. The van der Waals surface area contributed by atoms with Crippen molar-refractivity contribution in [3.05, 3.63) is 418 Å². The van der Waals surface area contributed by atoms with Crippen molar-refractivity contribution in [2.45, 2.75) is 22.7 Å². The van der Waals surface area contributed by atoms with Crippen LogP contribution in [0.1, 0.15) is 89.7 Å². The van der Waals surface area contributed by atoms with Crippen molar-refractivity contribution in [1.82, 2.24) is 19.9 Å². The molecule has 5 aliphatic carbocycles. The van der Waals surface area contributed by atoms with Crippen molar-refractivity contribution in [1.29, 1.82) is 0 Å². The summed E-state index contributed by atoms with van der Waals surface area (Å²) in [5.41, 5.74) is 31.6. The summed E-state index contributed by atoms with van der Waals surface area (Å²) < 4.78 is 0. The molecule has 20 rings (SSSR count). The van der Waals surface area contributed by atoms with Crippen LogP contribution in [0.4, 0.5) is 0 Å². The fourth-order valence-corrected chi connectivity index (χ4v) is 16.7. The third kappa shape index (κ3) is 8.06.